The van der Waals surface area contributed by atoms with Crippen LogP contribution in [0.15, 0.2) is 35.3 Å². The van der Waals surface area contributed by atoms with E-state index in [1.165, 1.54) is 0 Å². The SMILES string of the molecule is C/N=C(\Br)c1ccccc1. The van der Waals surface area contributed by atoms with Gasteiger partial charge in [0.25, 0.3) is 0 Å². The first-order chi connectivity index (χ1) is 4.84. The van der Waals surface area contributed by atoms with E-state index in [1.54, 1.807) is 7.05 Å². The third-order valence-corrected chi connectivity index (χ3v) is 2.02. The molecule has 52 valence electrons. The third-order valence-electron chi connectivity index (χ3n) is 1.21. The van der Waals surface area contributed by atoms with Crippen LogP contribution in [0.25, 0.3) is 0 Å². The minimum Gasteiger partial charge on any atom is -0.281 e. The molecule has 0 aromatic heterocycles. The van der Waals surface area contributed by atoms with Gasteiger partial charge in [-0.2, -0.15) is 0 Å². The molecule has 1 aromatic carbocycles. The van der Waals surface area contributed by atoms with Gasteiger partial charge in [0.1, 0.15) is 4.62 Å². The van der Waals surface area contributed by atoms with Crippen molar-refractivity contribution in [1.29, 1.82) is 0 Å². The third kappa shape index (κ3) is 1.67. The van der Waals surface area contributed by atoms with E-state index in [-0.39, 0.29) is 0 Å². The maximum Gasteiger partial charge on any atom is 0.107 e. The van der Waals surface area contributed by atoms with E-state index in [0.717, 1.165) is 10.2 Å². The first-order valence-corrected chi connectivity index (χ1v) is 3.81. The van der Waals surface area contributed by atoms with Gasteiger partial charge in [-0.3, -0.25) is 4.99 Å². The molecule has 0 heterocycles. The fourth-order valence-corrected chi connectivity index (χ4v) is 0.969. The summed E-state index contributed by atoms with van der Waals surface area (Å²) < 4.78 is 0.896. The second kappa shape index (κ2) is 3.52. The van der Waals surface area contributed by atoms with Gasteiger partial charge in [0, 0.05) is 12.6 Å². The maximum atomic E-state index is 3.99. The molecule has 0 amide bonds. The van der Waals surface area contributed by atoms with Gasteiger partial charge >= 0.3 is 0 Å². The maximum absolute atomic E-state index is 3.99. The summed E-state index contributed by atoms with van der Waals surface area (Å²) in [5.74, 6) is 0. The Balaban J connectivity index is 2.96. The molecule has 0 bridgehead atoms. The minimum atomic E-state index is 0.896. The van der Waals surface area contributed by atoms with Gasteiger partial charge in [-0.1, -0.05) is 30.3 Å². The lowest BCUT2D eigenvalue weighted by Gasteiger charge is -1.93. The topological polar surface area (TPSA) is 12.4 Å². The molecule has 0 fully saturated rings. The van der Waals surface area contributed by atoms with E-state index in [4.69, 9.17) is 0 Å². The zero-order chi connectivity index (χ0) is 7.40. The highest BCUT2D eigenvalue weighted by Crippen LogP contribution is 2.05. The van der Waals surface area contributed by atoms with Crippen molar-refractivity contribution in [3.05, 3.63) is 35.9 Å². The van der Waals surface area contributed by atoms with E-state index in [1.807, 2.05) is 30.3 Å². The van der Waals surface area contributed by atoms with Crippen molar-refractivity contribution < 1.29 is 0 Å². The standard InChI is InChI=1S/C8H8BrN/c1-10-8(9)7-5-3-2-4-6-7/h2-6H,1H3/b10-8-. The van der Waals surface area contributed by atoms with Gasteiger partial charge in [0.15, 0.2) is 0 Å². The van der Waals surface area contributed by atoms with Crippen molar-refractivity contribution in [3.63, 3.8) is 0 Å². The molecule has 0 unspecified atom stereocenters. The highest BCUT2D eigenvalue weighted by Gasteiger charge is 1.92. The highest BCUT2D eigenvalue weighted by atomic mass is 79.9. The van der Waals surface area contributed by atoms with Crippen molar-refractivity contribution >= 4 is 20.6 Å². The Labute approximate surface area is 68.9 Å². The quantitative estimate of drug-likeness (QED) is 0.614. The van der Waals surface area contributed by atoms with Gasteiger partial charge in [-0.25, -0.2) is 0 Å². The lowest BCUT2D eigenvalue weighted by Crippen LogP contribution is -1.87. The van der Waals surface area contributed by atoms with Crippen LogP contribution in [0.1, 0.15) is 5.56 Å². The lowest BCUT2D eigenvalue weighted by molar-refractivity contribution is 1.46. The van der Waals surface area contributed by atoms with Crippen molar-refractivity contribution in [2.45, 2.75) is 0 Å². The zero-order valence-corrected chi connectivity index (χ0v) is 7.30. The Bertz CT molecular complexity index is 228. The molecule has 0 radical (unpaired) electrons. The van der Waals surface area contributed by atoms with Crippen molar-refractivity contribution in [2.24, 2.45) is 4.99 Å². The number of rotatable bonds is 1. The molecule has 1 rings (SSSR count). The molecule has 0 aliphatic carbocycles. The summed E-state index contributed by atoms with van der Waals surface area (Å²) in [5, 5.41) is 0. The average molecular weight is 198 g/mol. The summed E-state index contributed by atoms with van der Waals surface area (Å²) in [7, 11) is 1.76. The molecule has 0 spiro atoms. The molecule has 0 saturated carbocycles. The average Bonchev–Trinajstić information content (AvgIpc) is 2.05. The van der Waals surface area contributed by atoms with E-state index < -0.39 is 0 Å². The number of halogens is 1. The molecular formula is C8H8BrN. The van der Waals surface area contributed by atoms with E-state index in [2.05, 4.69) is 20.9 Å². The first-order valence-electron chi connectivity index (χ1n) is 3.02. The lowest BCUT2D eigenvalue weighted by atomic mass is 10.2. The zero-order valence-electron chi connectivity index (χ0n) is 5.71. The van der Waals surface area contributed by atoms with Gasteiger partial charge in [0.2, 0.25) is 0 Å². The number of hydrogen-bond donors (Lipinski definition) is 0. The van der Waals surface area contributed by atoms with Crippen LogP contribution in [0.5, 0.6) is 0 Å². The molecular weight excluding hydrogens is 190 g/mol. The molecule has 0 N–H and O–H groups in total. The van der Waals surface area contributed by atoms with Crippen molar-refractivity contribution in [1.82, 2.24) is 0 Å². The van der Waals surface area contributed by atoms with Crippen LogP contribution in [0, 0.1) is 0 Å². The van der Waals surface area contributed by atoms with Gasteiger partial charge in [-0.15, -0.1) is 0 Å². The number of hydrogen-bond acceptors (Lipinski definition) is 1. The summed E-state index contributed by atoms with van der Waals surface area (Å²) in [6.07, 6.45) is 0. The van der Waals surface area contributed by atoms with Crippen LogP contribution in [0.4, 0.5) is 0 Å². The van der Waals surface area contributed by atoms with Crippen molar-refractivity contribution in [3.8, 4) is 0 Å². The summed E-state index contributed by atoms with van der Waals surface area (Å²) in [6.45, 7) is 0. The van der Waals surface area contributed by atoms with Crippen LogP contribution in [0.2, 0.25) is 0 Å². The number of nitrogens with zero attached hydrogens (tertiary/aromatic N) is 1. The Morgan fingerprint density at radius 1 is 1.30 bits per heavy atom. The molecule has 0 aliphatic heterocycles. The Hall–Kier alpha value is -0.630. The summed E-state index contributed by atoms with van der Waals surface area (Å²) in [4.78, 5) is 3.99. The van der Waals surface area contributed by atoms with Crippen LogP contribution in [-0.4, -0.2) is 11.7 Å². The predicted octanol–water partition coefficient (Wildman–Crippen LogP) is 2.46. The normalized spacial score (nSPS) is 11.6. The van der Waals surface area contributed by atoms with Gasteiger partial charge in [0.05, 0.1) is 0 Å². The number of benzene rings is 1. The van der Waals surface area contributed by atoms with Crippen LogP contribution < -0.4 is 0 Å². The van der Waals surface area contributed by atoms with E-state index in [0.29, 0.717) is 0 Å². The summed E-state index contributed by atoms with van der Waals surface area (Å²) >= 11 is 3.33. The Morgan fingerprint density at radius 2 is 1.90 bits per heavy atom. The van der Waals surface area contributed by atoms with E-state index in [9.17, 15) is 0 Å². The molecule has 10 heavy (non-hydrogen) atoms. The van der Waals surface area contributed by atoms with Gasteiger partial charge in [-0.05, 0) is 15.9 Å². The van der Waals surface area contributed by atoms with Crippen LogP contribution in [0.3, 0.4) is 0 Å². The first kappa shape index (κ1) is 7.48. The predicted molar refractivity (Wildman–Crippen MR) is 47.8 cm³/mol. The van der Waals surface area contributed by atoms with Crippen LogP contribution >= 0.6 is 15.9 Å². The monoisotopic (exact) mass is 197 g/mol. The van der Waals surface area contributed by atoms with Crippen LogP contribution in [-0.2, 0) is 0 Å². The fraction of sp³-hybridized carbons (Fsp3) is 0.125. The van der Waals surface area contributed by atoms with Crippen molar-refractivity contribution in [2.75, 3.05) is 7.05 Å². The Morgan fingerprint density at radius 3 is 2.40 bits per heavy atom. The molecule has 0 atom stereocenters. The summed E-state index contributed by atoms with van der Waals surface area (Å²) in [6, 6.07) is 9.98. The minimum absolute atomic E-state index is 0.896. The second-order valence-electron chi connectivity index (χ2n) is 1.88. The smallest absolute Gasteiger partial charge is 0.107 e. The molecule has 1 aromatic rings. The van der Waals surface area contributed by atoms with E-state index >= 15 is 0 Å². The van der Waals surface area contributed by atoms with Gasteiger partial charge < -0.3 is 0 Å². The molecule has 2 heteroatoms. The largest absolute Gasteiger partial charge is 0.281 e. The molecule has 0 saturated heterocycles. The second-order valence-corrected chi connectivity index (χ2v) is 2.63. The molecule has 0 aliphatic rings. The Kier molecular flexibility index (Phi) is 2.63. The number of aliphatic imine (C=N–C) groups is 1. The highest BCUT2D eigenvalue weighted by molar-refractivity contribution is 9.18. The summed E-state index contributed by atoms with van der Waals surface area (Å²) in [5.41, 5.74) is 1.12. The molecule has 1 nitrogen and oxygen atoms in total. The fourth-order valence-electron chi connectivity index (χ4n) is 0.705.